The number of nitrogens with one attached hydrogen (secondary N) is 2. The molecule has 6 nitrogen and oxygen atoms in total. The third kappa shape index (κ3) is 6.66. The standard InChI is InChI=1S/C18H28F3N5OS.HI/c1-22-16(23-7-4-15-25-14(12-28-15)18(19,20)21)24-13-17(5-10-27-11-6-17)26-8-2-3-9-26;/h12H,2-11,13H2,1H3,(H2,22,23,24);1H. The van der Waals surface area contributed by atoms with Crippen molar-refractivity contribution in [3.63, 3.8) is 0 Å². The van der Waals surface area contributed by atoms with Crippen molar-refractivity contribution in [2.24, 2.45) is 4.99 Å². The molecule has 1 aromatic heterocycles. The van der Waals surface area contributed by atoms with Gasteiger partial charge in [0.1, 0.15) is 0 Å². The number of aliphatic imine (C=N–C) groups is 1. The zero-order valence-electron chi connectivity index (χ0n) is 16.6. The molecule has 2 aliphatic rings. The third-order valence-electron chi connectivity index (χ3n) is 5.48. The average molecular weight is 547 g/mol. The molecule has 0 amide bonds. The molecule has 2 aliphatic heterocycles. The molecule has 2 N–H and O–H groups in total. The predicted molar refractivity (Wildman–Crippen MR) is 119 cm³/mol. The van der Waals surface area contributed by atoms with Crippen molar-refractivity contribution in [3.05, 3.63) is 16.1 Å². The molecule has 3 heterocycles. The van der Waals surface area contributed by atoms with Crippen LogP contribution in [0.25, 0.3) is 0 Å². The lowest BCUT2D eigenvalue weighted by molar-refractivity contribution is -0.140. The first-order valence-electron chi connectivity index (χ1n) is 9.72. The van der Waals surface area contributed by atoms with Crippen LogP contribution in [0.5, 0.6) is 0 Å². The van der Waals surface area contributed by atoms with Gasteiger partial charge >= 0.3 is 6.18 Å². The summed E-state index contributed by atoms with van der Waals surface area (Å²) in [6.07, 6.45) is 0.513. The van der Waals surface area contributed by atoms with E-state index in [2.05, 4.69) is 25.5 Å². The summed E-state index contributed by atoms with van der Waals surface area (Å²) < 4.78 is 43.5. The quantitative estimate of drug-likeness (QED) is 0.326. The fourth-order valence-electron chi connectivity index (χ4n) is 3.86. The van der Waals surface area contributed by atoms with Crippen LogP contribution in [-0.4, -0.2) is 67.8 Å². The molecule has 1 aromatic rings. The Morgan fingerprint density at radius 1 is 1.28 bits per heavy atom. The number of likely N-dealkylation sites (tertiary alicyclic amines) is 1. The number of aromatic nitrogens is 1. The summed E-state index contributed by atoms with van der Waals surface area (Å²) in [5.41, 5.74) is -0.731. The topological polar surface area (TPSA) is 61.8 Å². The number of alkyl halides is 3. The summed E-state index contributed by atoms with van der Waals surface area (Å²) in [7, 11) is 1.70. The second-order valence-corrected chi connectivity index (χ2v) is 8.20. The molecule has 29 heavy (non-hydrogen) atoms. The van der Waals surface area contributed by atoms with Crippen molar-refractivity contribution >= 4 is 41.3 Å². The largest absolute Gasteiger partial charge is 0.434 e. The molecule has 2 saturated heterocycles. The summed E-state index contributed by atoms with van der Waals surface area (Å²) in [5, 5.41) is 8.13. The van der Waals surface area contributed by atoms with E-state index in [0.29, 0.717) is 23.9 Å². The number of rotatable bonds is 6. The van der Waals surface area contributed by atoms with Crippen LogP contribution >= 0.6 is 35.3 Å². The number of halogens is 4. The van der Waals surface area contributed by atoms with Gasteiger partial charge in [0.05, 0.1) is 5.01 Å². The Balaban J connectivity index is 0.00000300. The number of nitrogens with zero attached hydrogens (tertiary/aromatic N) is 3. The van der Waals surface area contributed by atoms with Gasteiger partial charge in [-0.2, -0.15) is 13.2 Å². The lowest BCUT2D eigenvalue weighted by Gasteiger charge is -2.45. The second kappa shape index (κ2) is 11.1. The molecule has 0 aromatic carbocycles. The van der Waals surface area contributed by atoms with Crippen LogP contribution < -0.4 is 10.6 Å². The minimum Gasteiger partial charge on any atom is -0.381 e. The molecule has 0 aliphatic carbocycles. The van der Waals surface area contributed by atoms with Gasteiger partial charge in [-0.1, -0.05) is 0 Å². The van der Waals surface area contributed by atoms with E-state index in [1.165, 1.54) is 12.8 Å². The zero-order chi connectivity index (χ0) is 20.0. The second-order valence-electron chi connectivity index (χ2n) is 7.26. The molecule has 3 rings (SSSR count). The fraction of sp³-hybridized carbons (Fsp3) is 0.778. The first-order chi connectivity index (χ1) is 13.4. The first-order valence-corrected chi connectivity index (χ1v) is 10.6. The number of ether oxygens (including phenoxy) is 1. The van der Waals surface area contributed by atoms with E-state index in [9.17, 15) is 13.2 Å². The van der Waals surface area contributed by atoms with Crippen molar-refractivity contribution in [3.8, 4) is 0 Å². The Morgan fingerprint density at radius 3 is 2.55 bits per heavy atom. The van der Waals surface area contributed by atoms with Crippen LogP contribution in [0, 0.1) is 0 Å². The van der Waals surface area contributed by atoms with Crippen molar-refractivity contribution in [1.82, 2.24) is 20.5 Å². The number of hydrogen-bond donors (Lipinski definition) is 2. The first kappa shape index (κ1) is 24.6. The lowest BCUT2D eigenvalue weighted by atomic mass is 9.88. The van der Waals surface area contributed by atoms with Crippen LogP contribution in [0.1, 0.15) is 36.4 Å². The van der Waals surface area contributed by atoms with Crippen molar-refractivity contribution < 1.29 is 17.9 Å². The van der Waals surface area contributed by atoms with Crippen LogP contribution in [0.3, 0.4) is 0 Å². The van der Waals surface area contributed by atoms with Crippen molar-refractivity contribution in [1.29, 1.82) is 0 Å². The number of hydrogen-bond acceptors (Lipinski definition) is 5. The average Bonchev–Trinajstić information content (AvgIpc) is 3.37. The van der Waals surface area contributed by atoms with Crippen LogP contribution in [0.15, 0.2) is 10.4 Å². The van der Waals surface area contributed by atoms with Crippen molar-refractivity contribution in [2.75, 3.05) is 46.4 Å². The molecule has 11 heteroatoms. The zero-order valence-corrected chi connectivity index (χ0v) is 19.7. The molecule has 0 saturated carbocycles. The van der Waals surface area contributed by atoms with Gasteiger partial charge in [0.15, 0.2) is 11.7 Å². The maximum absolute atomic E-state index is 12.6. The van der Waals surface area contributed by atoms with E-state index < -0.39 is 11.9 Å². The van der Waals surface area contributed by atoms with Gasteiger partial charge in [-0.3, -0.25) is 9.89 Å². The van der Waals surface area contributed by atoms with Crippen molar-refractivity contribution in [2.45, 2.75) is 43.8 Å². The Labute approximate surface area is 190 Å². The number of guanidine groups is 1. The van der Waals surface area contributed by atoms with Gasteiger partial charge < -0.3 is 15.4 Å². The molecular formula is C18H29F3IN5OS. The van der Waals surface area contributed by atoms with Gasteiger partial charge in [0, 0.05) is 50.7 Å². The summed E-state index contributed by atoms with van der Waals surface area (Å²) in [6.45, 7) is 5.06. The van der Waals surface area contributed by atoms with Gasteiger partial charge in [0.25, 0.3) is 0 Å². The molecule has 0 spiro atoms. The Morgan fingerprint density at radius 2 is 1.97 bits per heavy atom. The fourth-order valence-corrected chi connectivity index (χ4v) is 4.67. The van der Waals surface area contributed by atoms with E-state index in [4.69, 9.17) is 4.74 Å². The van der Waals surface area contributed by atoms with E-state index >= 15 is 0 Å². The van der Waals surface area contributed by atoms with Crippen LogP contribution in [0.4, 0.5) is 13.2 Å². The van der Waals surface area contributed by atoms with E-state index in [1.807, 2.05) is 0 Å². The summed E-state index contributed by atoms with van der Waals surface area (Å²) in [4.78, 5) is 10.5. The van der Waals surface area contributed by atoms with Gasteiger partial charge in [0.2, 0.25) is 0 Å². The summed E-state index contributed by atoms with van der Waals surface area (Å²) in [6, 6.07) is 0. The van der Waals surface area contributed by atoms with Crippen LogP contribution in [-0.2, 0) is 17.3 Å². The summed E-state index contributed by atoms with van der Waals surface area (Å²) >= 11 is 1.04. The van der Waals surface area contributed by atoms with E-state index in [1.54, 1.807) is 7.05 Å². The van der Waals surface area contributed by atoms with E-state index in [-0.39, 0.29) is 29.5 Å². The Hall–Kier alpha value is -0.660. The smallest absolute Gasteiger partial charge is 0.381 e. The molecule has 0 radical (unpaired) electrons. The third-order valence-corrected chi connectivity index (χ3v) is 6.39. The SMILES string of the molecule is CN=C(NCCc1nc(C(F)(F)F)cs1)NCC1(N2CCCC2)CCOCC1.I. The highest BCUT2D eigenvalue weighted by molar-refractivity contribution is 14.0. The minimum absolute atomic E-state index is 0. The molecule has 2 fully saturated rings. The normalized spacial score (nSPS) is 20.3. The highest BCUT2D eigenvalue weighted by Gasteiger charge is 2.39. The molecule has 0 atom stereocenters. The summed E-state index contributed by atoms with van der Waals surface area (Å²) in [5.74, 6) is 0.665. The highest BCUT2D eigenvalue weighted by Crippen LogP contribution is 2.31. The molecule has 166 valence electrons. The van der Waals surface area contributed by atoms with Gasteiger partial charge in [-0.15, -0.1) is 35.3 Å². The molecular weight excluding hydrogens is 518 g/mol. The highest BCUT2D eigenvalue weighted by atomic mass is 127. The minimum atomic E-state index is -4.38. The molecule has 0 bridgehead atoms. The molecule has 0 unspecified atom stereocenters. The predicted octanol–water partition coefficient (Wildman–Crippen LogP) is 3.13. The van der Waals surface area contributed by atoms with Gasteiger partial charge in [-0.05, 0) is 38.8 Å². The number of thiazole rings is 1. The van der Waals surface area contributed by atoms with Gasteiger partial charge in [-0.25, -0.2) is 4.98 Å². The lowest BCUT2D eigenvalue weighted by Crippen LogP contribution is -2.58. The maximum Gasteiger partial charge on any atom is 0.434 e. The monoisotopic (exact) mass is 547 g/mol. The van der Waals surface area contributed by atoms with E-state index in [0.717, 1.165) is 62.4 Å². The Kier molecular flexibility index (Phi) is 9.42. The Bertz CT molecular complexity index is 658. The maximum atomic E-state index is 12.6. The van der Waals surface area contributed by atoms with Crippen LogP contribution in [0.2, 0.25) is 0 Å².